The molecule has 0 saturated heterocycles. The van der Waals surface area contributed by atoms with Crippen molar-refractivity contribution < 1.29 is 9.90 Å². The maximum atomic E-state index is 10.7. The van der Waals surface area contributed by atoms with E-state index in [1.54, 1.807) is 17.9 Å². The van der Waals surface area contributed by atoms with E-state index < -0.39 is 5.97 Å². The summed E-state index contributed by atoms with van der Waals surface area (Å²) < 4.78 is 2.91. The molecule has 8 heteroatoms. The Bertz CT molecular complexity index is 543. The van der Waals surface area contributed by atoms with E-state index in [-0.39, 0.29) is 6.54 Å². The molecule has 17 heavy (non-hydrogen) atoms. The van der Waals surface area contributed by atoms with Gasteiger partial charge < -0.3 is 5.11 Å². The van der Waals surface area contributed by atoms with Gasteiger partial charge in [-0.15, -0.1) is 5.10 Å². The van der Waals surface area contributed by atoms with Gasteiger partial charge in [0, 0.05) is 13.2 Å². The highest BCUT2D eigenvalue weighted by atomic mass is 16.4. The molecule has 8 nitrogen and oxygen atoms in total. The van der Waals surface area contributed by atoms with Gasteiger partial charge in [0.05, 0.1) is 11.3 Å². The maximum absolute atomic E-state index is 10.7. The number of nitrogens with zero attached hydrogens (tertiary/aromatic N) is 6. The topological polar surface area (TPSA) is 98.7 Å². The number of hydrogen-bond donors (Lipinski definition) is 1. The van der Waals surface area contributed by atoms with Gasteiger partial charge >= 0.3 is 5.97 Å². The summed E-state index contributed by atoms with van der Waals surface area (Å²) in [6, 6.07) is 0. The van der Waals surface area contributed by atoms with Crippen LogP contribution in [0.2, 0.25) is 0 Å². The number of tetrazole rings is 1. The molecule has 90 valence electrons. The van der Waals surface area contributed by atoms with E-state index in [0.717, 1.165) is 17.7 Å². The van der Waals surface area contributed by atoms with Crippen molar-refractivity contribution in [2.75, 3.05) is 0 Å². The molecule has 0 atom stereocenters. The highest BCUT2D eigenvalue weighted by molar-refractivity contribution is 5.68. The molecule has 0 bridgehead atoms. The molecule has 1 N–H and O–H groups in total. The zero-order valence-electron chi connectivity index (χ0n) is 9.53. The minimum absolute atomic E-state index is 0.264. The zero-order chi connectivity index (χ0) is 12.4. The van der Waals surface area contributed by atoms with Gasteiger partial charge in [-0.3, -0.25) is 9.48 Å². The van der Waals surface area contributed by atoms with Crippen LogP contribution in [0, 0.1) is 0 Å². The standard InChI is InChI=1S/C9H12N6O2/c1-3-7-6(4-14(2)11-7)9-10-12-13-15(9)5-8(16)17/h4H,3,5H2,1-2H3,(H,16,17). The van der Waals surface area contributed by atoms with Crippen molar-refractivity contribution in [2.45, 2.75) is 19.9 Å². The number of aliphatic carboxylic acids is 1. The van der Waals surface area contributed by atoms with E-state index in [0.29, 0.717) is 5.82 Å². The number of aryl methyl sites for hydroxylation is 2. The van der Waals surface area contributed by atoms with E-state index in [4.69, 9.17) is 5.11 Å². The molecule has 2 rings (SSSR count). The predicted molar refractivity (Wildman–Crippen MR) is 57.0 cm³/mol. The molecule has 2 heterocycles. The predicted octanol–water partition coefficient (Wildman–Crippen LogP) is -0.279. The summed E-state index contributed by atoms with van der Waals surface area (Å²) >= 11 is 0. The first-order valence-electron chi connectivity index (χ1n) is 5.12. The smallest absolute Gasteiger partial charge is 0.325 e. The lowest BCUT2D eigenvalue weighted by Crippen LogP contribution is -2.11. The third-order valence-electron chi connectivity index (χ3n) is 2.30. The Hall–Kier alpha value is -2.25. The second kappa shape index (κ2) is 4.32. The number of carboxylic acid groups (broad SMARTS) is 1. The van der Waals surface area contributed by atoms with Gasteiger partial charge in [-0.05, 0) is 16.8 Å². The normalized spacial score (nSPS) is 10.7. The van der Waals surface area contributed by atoms with Crippen LogP contribution >= 0.6 is 0 Å². The summed E-state index contributed by atoms with van der Waals surface area (Å²) in [5.74, 6) is -0.558. The Morgan fingerprint density at radius 3 is 2.94 bits per heavy atom. The lowest BCUT2D eigenvalue weighted by atomic mass is 10.2. The molecule has 0 fully saturated rings. The summed E-state index contributed by atoms with van der Waals surface area (Å²) in [4.78, 5) is 10.7. The Morgan fingerprint density at radius 2 is 2.29 bits per heavy atom. The molecule has 0 radical (unpaired) electrons. The van der Waals surface area contributed by atoms with Gasteiger partial charge in [0.25, 0.3) is 0 Å². The molecule has 2 aromatic rings. The first kappa shape index (κ1) is 11.2. The summed E-state index contributed by atoms with van der Waals surface area (Å²) in [7, 11) is 1.80. The van der Waals surface area contributed by atoms with Crippen molar-refractivity contribution in [3.63, 3.8) is 0 Å². The lowest BCUT2D eigenvalue weighted by Gasteiger charge is -2.00. The SMILES string of the molecule is CCc1nn(C)cc1-c1nnnn1CC(=O)O. The highest BCUT2D eigenvalue weighted by Crippen LogP contribution is 2.19. The minimum atomic E-state index is -0.986. The molecule has 0 aliphatic carbocycles. The van der Waals surface area contributed by atoms with Gasteiger partial charge in [0.1, 0.15) is 6.54 Å². The minimum Gasteiger partial charge on any atom is -0.480 e. The third kappa shape index (κ3) is 2.14. The largest absolute Gasteiger partial charge is 0.480 e. The lowest BCUT2D eigenvalue weighted by molar-refractivity contribution is -0.137. The van der Waals surface area contributed by atoms with Crippen LogP contribution in [-0.4, -0.2) is 41.1 Å². The van der Waals surface area contributed by atoms with Crippen LogP contribution in [0.3, 0.4) is 0 Å². The molecule has 0 amide bonds. The number of rotatable bonds is 4. The van der Waals surface area contributed by atoms with Gasteiger partial charge in [0.2, 0.25) is 0 Å². The third-order valence-corrected chi connectivity index (χ3v) is 2.30. The van der Waals surface area contributed by atoms with E-state index in [1.165, 1.54) is 4.68 Å². The maximum Gasteiger partial charge on any atom is 0.325 e. The molecule has 2 aromatic heterocycles. The molecular weight excluding hydrogens is 224 g/mol. The first-order chi connectivity index (χ1) is 8.11. The zero-order valence-corrected chi connectivity index (χ0v) is 9.53. The fraction of sp³-hybridized carbons (Fsp3) is 0.444. The molecule has 0 unspecified atom stereocenters. The van der Waals surface area contributed by atoms with Crippen LogP contribution in [0.5, 0.6) is 0 Å². The van der Waals surface area contributed by atoms with E-state index in [9.17, 15) is 4.79 Å². The number of aromatic nitrogens is 6. The van der Waals surface area contributed by atoms with Gasteiger partial charge in [-0.2, -0.15) is 5.10 Å². The monoisotopic (exact) mass is 236 g/mol. The molecule has 0 spiro atoms. The Morgan fingerprint density at radius 1 is 1.53 bits per heavy atom. The van der Waals surface area contributed by atoms with Gasteiger partial charge in [-0.1, -0.05) is 6.92 Å². The molecule has 0 aromatic carbocycles. The average molecular weight is 236 g/mol. The number of hydrogen-bond acceptors (Lipinski definition) is 5. The van der Waals surface area contributed by atoms with Crippen molar-refractivity contribution in [3.05, 3.63) is 11.9 Å². The Balaban J connectivity index is 2.45. The Labute approximate surface area is 96.9 Å². The first-order valence-corrected chi connectivity index (χ1v) is 5.12. The van der Waals surface area contributed by atoms with Crippen LogP contribution in [-0.2, 0) is 24.8 Å². The number of carbonyl (C=O) groups is 1. The van der Waals surface area contributed by atoms with E-state index in [1.807, 2.05) is 6.92 Å². The van der Waals surface area contributed by atoms with Crippen LogP contribution in [0.25, 0.3) is 11.4 Å². The molecule has 0 aliphatic rings. The van der Waals surface area contributed by atoms with Crippen LogP contribution < -0.4 is 0 Å². The second-order valence-electron chi connectivity index (χ2n) is 3.57. The Kier molecular flexibility index (Phi) is 2.86. The summed E-state index contributed by atoms with van der Waals surface area (Å²) in [5.41, 5.74) is 1.61. The van der Waals surface area contributed by atoms with Crippen molar-refractivity contribution in [1.82, 2.24) is 30.0 Å². The molecule has 0 aliphatic heterocycles. The van der Waals surface area contributed by atoms with Crippen molar-refractivity contribution >= 4 is 5.97 Å². The van der Waals surface area contributed by atoms with Crippen LogP contribution in [0.1, 0.15) is 12.6 Å². The molecular formula is C9H12N6O2. The summed E-state index contributed by atoms with van der Waals surface area (Å²) in [5, 5.41) is 24.0. The second-order valence-corrected chi connectivity index (χ2v) is 3.57. The summed E-state index contributed by atoms with van der Waals surface area (Å²) in [6.07, 6.45) is 2.51. The summed E-state index contributed by atoms with van der Waals surface area (Å²) in [6.45, 7) is 1.71. The van der Waals surface area contributed by atoms with Crippen molar-refractivity contribution in [3.8, 4) is 11.4 Å². The fourth-order valence-corrected chi connectivity index (χ4v) is 1.61. The number of carboxylic acids is 1. The fourth-order valence-electron chi connectivity index (χ4n) is 1.61. The molecule has 0 saturated carbocycles. The van der Waals surface area contributed by atoms with Crippen molar-refractivity contribution in [1.29, 1.82) is 0 Å². The van der Waals surface area contributed by atoms with E-state index in [2.05, 4.69) is 20.6 Å². The van der Waals surface area contributed by atoms with Crippen LogP contribution in [0.4, 0.5) is 0 Å². The van der Waals surface area contributed by atoms with Gasteiger partial charge in [0.15, 0.2) is 5.82 Å². The quantitative estimate of drug-likeness (QED) is 0.783. The average Bonchev–Trinajstić information content (AvgIpc) is 2.83. The van der Waals surface area contributed by atoms with E-state index >= 15 is 0 Å². The van der Waals surface area contributed by atoms with Gasteiger partial charge in [-0.25, -0.2) is 4.68 Å². The highest BCUT2D eigenvalue weighted by Gasteiger charge is 2.16. The van der Waals surface area contributed by atoms with Crippen LogP contribution in [0.15, 0.2) is 6.20 Å². The van der Waals surface area contributed by atoms with Crippen molar-refractivity contribution in [2.24, 2.45) is 7.05 Å².